The van der Waals surface area contributed by atoms with Crippen molar-refractivity contribution >= 4 is 29.2 Å². The summed E-state index contributed by atoms with van der Waals surface area (Å²) in [6.07, 6.45) is 12.4. The maximum atomic E-state index is 9.32. The molecule has 146 valence electrons. The van der Waals surface area contributed by atoms with E-state index in [1.165, 1.54) is 69.1 Å². The van der Waals surface area contributed by atoms with E-state index in [9.17, 15) is 9.90 Å². The Morgan fingerprint density at radius 1 is 0.958 bits per heavy atom. The first-order valence-corrected chi connectivity index (χ1v) is 9.85. The molecule has 0 aromatic rings. The number of unbranched alkanes of at least 4 members (excludes halogenated alkanes) is 9. The van der Waals surface area contributed by atoms with Crippen LogP contribution in [0.15, 0.2) is 0 Å². The van der Waals surface area contributed by atoms with Gasteiger partial charge in [-0.25, -0.2) is 0 Å². The molecule has 0 heterocycles. The number of carbonyl (C=O) groups is 1. The summed E-state index contributed by atoms with van der Waals surface area (Å²) in [4.78, 5) is 9.14. The zero-order chi connectivity index (χ0) is 18.8. The Labute approximate surface area is 156 Å². The third-order valence-corrected chi connectivity index (χ3v) is 4.02. The molecule has 0 saturated heterocycles. The van der Waals surface area contributed by atoms with Crippen molar-refractivity contribution < 1.29 is 25.0 Å². The van der Waals surface area contributed by atoms with Gasteiger partial charge in [0.2, 0.25) is 6.29 Å². The van der Waals surface area contributed by atoms with Crippen molar-refractivity contribution in [3.63, 3.8) is 0 Å². The van der Waals surface area contributed by atoms with Crippen LogP contribution in [0.5, 0.6) is 0 Å². The Kier molecular flexibility index (Phi) is 21.0. The third-order valence-electron chi connectivity index (χ3n) is 3.67. The van der Waals surface area contributed by atoms with E-state index in [-0.39, 0.29) is 0 Å². The molecule has 0 radical (unpaired) electrons. The Morgan fingerprint density at radius 3 is 1.67 bits per heavy atom. The van der Waals surface area contributed by atoms with Gasteiger partial charge in [-0.2, -0.15) is 0 Å². The molecule has 5 nitrogen and oxygen atoms in total. The summed E-state index contributed by atoms with van der Waals surface area (Å²) in [6, 6.07) is 0. The van der Waals surface area contributed by atoms with Crippen LogP contribution in [0, 0.1) is 0 Å². The van der Waals surface area contributed by atoms with Gasteiger partial charge in [0.15, 0.2) is 0 Å². The van der Waals surface area contributed by atoms with Crippen LogP contribution in [-0.2, 0) is 4.79 Å². The number of aliphatic hydroxyl groups is 2. The van der Waals surface area contributed by atoms with Gasteiger partial charge in [-0.15, -0.1) is 0 Å². The number of hydrogen-bond acceptors (Lipinski definition) is 4. The lowest BCUT2D eigenvalue weighted by molar-refractivity contribution is -0.886. The standard InChI is InChI=1S/C15H33NO2.C2H2Cl2O2/c1-3-4-5-6-7-8-9-10-11-12-13-16(2)14-15(17)18;3-1(4)2(5)6/h15,17-18H,3-14H2,1-2H3;1H,(H,5,6). The smallest absolute Gasteiger partial charge is 0.202 e. The largest absolute Gasteiger partial charge is 0.547 e. The summed E-state index contributed by atoms with van der Waals surface area (Å²) in [5.41, 5.74) is 0. The number of rotatable bonds is 14. The molecule has 1 atom stereocenters. The number of quaternary nitrogens is 1. The minimum Gasteiger partial charge on any atom is -0.547 e. The molecular formula is C17H35Cl2NO4. The van der Waals surface area contributed by atoms with Crippen molar-refractivity contribution in [2.75, 3.05) is 20.1 Å². The summed E-state index contributed by atoms with van der Waals surface area (Å²) in [5, 5.41) is 27.0. The number of halogens is 2. The molecule has 1 unspecified atom stereocenters. The number of carboxylic acid groups (broad SMARTS) is 1. The summed E-state index contributed by atoms with van der Waals surface area (Å²) in [5.74, 6) is -1.46. The lowest BCUT2D eigenvalue weighted by atomic mass is 10.1. The molecule has 0 saturated carbocycles. The zero-order valence-corrected chi connectivity index (χ0v) is 16.6. The lowest BCUT2D eigenvalue weighted by Gasteiger charge is -2.14. The SMILES string of the molecule is CCCCCCCCCCCC[NH+](C)CC(O)O.O=C([O-])C(Cl)Cl. The number of nitrogens with one attached hydrogen (secondary N) is 1. The Morgan fingerprint density at radius 2 is 1.33 bits per heavy atom. The fraction of sp³-hybridized carbons (Fsp3) is 0.941. The summed E-state index contributed by atoms with van der Waals surface area (Å²) in [7, 11) is 2.02. The Hall–Kier alpha value is -0.0700. The van der Waals surface area contributed by atoms with Gasteiger partial charge in [0.1, 0.15) is 11.4 Å². The van der Waals surface area contributed by atoms with Crippen LogP contribution >= 0.6 is 23.2 Å². The number of likely N-dealkylation sites (N-methyl/N-ethyl adjacent to an activating group) is 1. The predicted octanol–water partition coefficient (Wildman–Crippen LogP) is 1.27. The van der Waals surface area contributed by atoms with E-state index < -0.39 is 17.1 Å². The van der Waals surface area contributed by atoms with Gasteiger partial charge >= 0.3 is 0 Å². The van der Waals surface area contributed by atoms with Crippen LogP contribution in [0.2, 0.25) is 0 Å². The van der Waals surface area contributed by atoms with Gasteiger partial charge < -0.3 is 25.0 Å². The van der Waals surface area contributed by atoms with Crippen molar-refractivity contribution in [3.05, 3.63) is 0 Å². The molecule has 0 fully saturated rings. The van der Waals surface area contributed by atoms with Gasteiger partial charge in [-0.1, -0.05) is 81.5 Å². The molecule has 0 aromatic carbocycles. The Bertz CT molecular complexity index is 279. The van der Waals surface area contributed by atoms with Crippen LogP contribution in [0.4, 0.5) is 0 Å². The van der Waals surface area contributed by atoms with E-state index in [2.05, 4.69) is 6.92 Å². The molecule has 0 aliphatic rings. The molecule has 3 N–H and O–H groups in total. The highest BCUT2D eigenvalue weighted by atomic mass is 35.5. The molecule has 0 rings (SSSR count). The first-order valence-electron chi connectivity index (χ1n) is 8.97. The minimum absolute atomic E-state index is 0.442. The molecule has 0 aliphatic carbocycles. The highest BCUT2D eigenvalue weighted by molar-refractivity contribution is 6.52. The second kappa shape index (κ2) is 19.3. The quantitative estimate of drug-likeness (QED) is 0.238. The fourth-order valence-corrected chi connectivity index (χ4v) is 2.33. The monoisotopic (exact) mass is 387 g/mol. The van der Waals surface area contributed by atoms with Crippen LogP contribution in [0.25, 0.3) is 0 Å². The van der Waals surface area contributed by atoms with Gasteiger partial charge in [0.05, 0.1) is 19.6 Å². The molecular weight excluding hydrogens is 353 g/mol. The van der Waals surface area contributed by atoms with Gasteiger partial charge in [0.25, 0.3) is 0 Å². The predicted molar refractivity (Wildman–Crippen MR) is 97.2 cm³/mol. The van der Waals surface area contributed by atoms with E-state index in [4.69, 9.17) is 33.4 Å². The van der Waals surface area contributed by atoms with Gasteiger partial charge in [-0.3, -0.25) is 0 Å². The molecule has 0 aromatic heterocycles. The normalized spacial score (nSPS) is 12.2. The summed E-state index contributed by atoms with van der Waals surface area (Å²) >= 11 is 9.43. The fourth-order valence-electron chi connectivity index (χ4n) is 2.33. The van der Waals surface area contributed by atoms with Crippen molar-refractivity contribution in [1.29, 1.82) is 0 Å². The molecule has 0 aliphatic heterocycles. The molecule has 0 amide bonds. The second-order valence-electron chi connectivity index (χ2n) is 6.19. The van der Waals surface area contributed by atoms with Gasteiger partial charge in [0, 0.05) is 0 Å². The van der Waals surface area contributed by atoms with Crippen molar-refractivity contribution in [2.45, 2.75) is 82.3 Å². The topological polar surface area (TPSA) is 85.0 Å². The maximum Gasteiger partial charge on any atom is 0.202 e. The molecule has 0 bridgehead atoms. The van der Waals surface area contributed by atoms with Crippen molar-refractivity contribution in [2.24, 2.45) is 0 Å². The average molecular weight is 388 g/mol. The Balaban J connectivity index is 0. The maximum absolute atomic E-state index is 9.32. The number of carboxylic acids is 1. The molecule has 7 heteroatoms. The number of alkyl halides is 2. The second-order valence-corrected chi connectivity index (χ2v) is 7.29. The van der Waals surface area contributed by atoms with E-state index in [1.54, 1.807) is 0 Å². The third kappa shape index (κ3) is 24.2. The van der Waals surface area contributed by atoms with Crippen LogP contribution in [-0.4, -0.2) is 47.4 Å². The molecule has 0 spiro atoms. The molecule has 24 heavy (non-hydrogen) atoms. The van der Waals surface area contributed by atoms with Crippen molar-refractivity contribution in [1.82, 2.24) is 0 Å². The first kappa shape index (κ1) is 26.2. The average Bonchev–Trinajstić information content (AvgIpc) is 2.49. The number of aliphatic carboxylic acids is 1. The van der Waals surface area contributed by atoms with E-state index in [0.717, 1.165) is 6.54 Å². The number of aliphatic hydroxyl groups excluding tert-OH is 1. The van der Waals surface area contributed by atoms with Crippen molar-refractivity contribution in [3.8, 4) is 0 Å². The van der Waals surface area contributed by atoms with E-state index in [1.807, 2.05) is 7.05 Å². The first-order chi connectivity index (χ1) is 11.3. The summed E-state index contributed by atoms with van der Waals surface area (Å²) < 4.78 is 0. The van der Waals surface area contributed by atoms with Crippen LogP contribution in [0.1, 0.15) is 71.1 Å². The van der Waals surface area contributed by atoms with Crippen LogP contribution < -0.4 is 10.0 Å². The minimum atomic E-state index is -1.46. The zero-order valence-electron chi connectivity index (χ0n) is 15.1. The lowest BCUT2D eigenvalue weighted by Crippen LogP contribution is -3.10. The summed E-state index contributed by atoms with van der Waals surface area (Å²) in [6.45, 7) is 3.75. The van der Waals surface area contributed by atoms with Gasteiger partial charge in [-0.05, 0) is 12.8 Å². The highest BCUT2D eigenvalue weighted by Crippen LogP contribution is 2.09. The highest BCUT2D eigenvalue weighted by Gasteiger charge is 2.06. The van der Waals surface area contributed by atoms with Crippen LogP contribution in [0.3, 0.4) is 0 Å². The number of hydrogen-bond donors (Lipinski definition) is 3. The number of carbonyl (C=O) groups excluding carboxylic acids is 1. The van der Waals surface area contributed by atoms with E-state index >= 15 is 0 Å². The van der Waals surface area contributed by atoms with E-state index in [0.29, 0.717) is 6.54 Å².